The summed E-state index contributed by atoms with van der Waals surface area (Å²) in [5, 5.41) is 6.28. The van der Waals surface area contributed by atoms with Gasteiger partial charge in [-0.25, -0.2) is 14.5 Å². The Bertz CT molecular complexity index is 1150. The number of rotatable bonds is 3. The number of hydrogen-bond donors (Lipinski definition) is 0. The molecule has 1 aliphatic rings. The molecule has 0 spiro atoms. The highest BCUT2D eigenvalue weighted by Crippen LogP contribution is 2.39. The first kappa shape index (κ1) is 16.9. The molecule has 8 heteroatoms. The summed E-state index contributed by atoms with van der Waals surface area (Å²) in [5.74, 6) is 1.35. The fourth-order valence-electron chi connectivity index (χ4n) is 3.33. The molecule has 1 aromatic carbocycles. The van der Waals surface area contributed by atoms with Gasteiger partial charge in [-0.15, -0.1) is 16.4 Å². The summed E-state index contributed by atoms with van der Waals surface area (Å²) < 4.78 is 13.5. The molecule has 6 nitrogen and oxygen atoms in total. The second-order valence-corrected chi connectivity index (χ2v) is 8.71. The fraction of sp³-hybridized carbons (Fsp3) is 0.316. The van der Waals surface area contributed by atoms with E-state index in [1.165, 1.54) is 10.4 Å². The molecule has 0 saturated heterocycles. The number of hydrogen-bond acceptors (Lipinski definition) is 6. The number of benzene rings is 1. The first-order valence-corrected chi connectivity index (χ1v) is 9.85. The minimum absolute atomic E-state index is 0.186. The highest BCUT2D eigenvalue weighted by Gasteiger charge is 2.30. The Morgan fingerprint density at radius 1 is 1.30 bits per heavy atom. The van der Waals surface area contributed by atoms with Crippen LogP contribution in [0.25, 0.3) is 15.9 Å². The maximum atomic E-state index is 5.94. The van der Waals surface area contributed by atoms with Crippen molar-refractivity contribution in [3.63, 3.8) is 0 Å². The Morgan fingerprint density at radius 2 is 2.11 bits per heavy atom. The summed E-state index contributed by atoms with van der Waals surface area (Å²) in [6, 6.07) is 7.25. The van der Waals surface area contributed by atoms with Crippen molar-refractivity contribution in [2.45, 2.75) is 39.1 Å². The quantitative estimate of drug-likeness (QED) is 0.509. The predicted octanol–water partition coefficient (Wildman–Crippen LogP) is 4.42. The van der Waals surface area contributed by atoms with Crippen molar-refractivity contribution in [2.24, 2.45) is 0 Å². The lowest BCUT2D eigenvalue weighted by molar-refractivity contribution is -0.0379. The molecule has 1 aliphatic heterocycles. The maximum absolute atomic E-state index is 5.94. The van der Waals surface area contributed by atoms with Crippen LogP contribution >= 0.6 is 22.9 Å². The normalized spacial score (nSPS) is 16.0. The van der Waals surface area contributed by atoms with Gasteiger partial charge < -0.3 is 9.47 Å². The zero-order valence-corrected chi connectivity index (χ0v) is 16.5. The van der Waals surface area contributed by atoms with Gasteiger partial charge in [0.1, 0.15) is 23.5 Å². The topological polar surface area (TPSA) is 61.5 Å². The van der Waals surface area contributed by atoms with Gasteiger partial charge in [-0.1, -0.05) is 11.6 Å². The number of halogens is 1. The molecular formula is C19H17ClN4O2S. The third-order valence-electron chi connectivity index (χ3n) is 4.63. The SMILES string of the molecule is CC1(C)Cc2c(sc3ncn4nc(COc5ccc(Cl)cc5)nc4c23)CO1. The number of aromatic nitrogens is 4. The largest absolute Gasteiger partial charge is 0.486 e. The summed E-state index contributed by atoms with van der Waals surface area (Å²) in [6.45, 7) is 5.13. The molecule has 0 fully saturated rings. The lowest BCUT2D eigenvalue weighted by Gasteiger charge is -2.30. The van der Waals surface area contributed by atoms with Crippen LogP contribution < -0.4 is 4.74 Å². The third-order valence-corrected chi connectivity index (χ3v) is 6.00. The number of thiophene rings is 1. The zero-order valence-electron chi connectivity index (χ0n) is 14.9. The van der Waals surface area contributed by atoms with Crippen LogP contribution in [0, 0.1) is 0 Å². The van der Waals surface area contributed by atoms with Crippen molar-refractivity contribution >= 4 is 38.8 Å². The van der Waals surface area contributed by atoms with Gasteiger partial charge in [0.15, 0.2) is 11.5 Å². The van der Waals surface area contributed by atoms with E-state index in [9.17, 15) is 0 Å². The average Bonchev–Trinajstić information content (AvgIpc) is 3.20. The molecule has 138 valence electrons. The van der Waals surface area contributed by atoms with Crippen LogP contribution in [-0.2, 0) is 24.4 Å². The monoisotopic (exact) mass is 400 g/mol. The van der Waals surface area contributed by atoms with Gasteiger partial charge in [0.05, 0.1) is 17.6 Å². The molecule has 0 aliphatic carbocycles. The van der Waals surface area contributed by atoms with E-state index in [0.717, 1.165) is 28.0 Å². The van der Waals surface area contributed by atoms with Crippen molar-refractivity contribution in [2.75, 3.05) is 0 Å². The van der Waals surface area contributed by atoms with Gasteiger partial charge in [-0.3, -0.25) is 0 Å². The van der Waals surface area contributed by atoms with Gasteiger partial charge in [-0.05, 0) is 43.7 Å². The van der Waals surface area contributed by atoms with Crippen molar-refractivity contribution in [3.05, 3.63) is 51.9 Å². The van der Waals surface area contributed by atoms with E-state index >= 15 is 0 Å². The minimum Gasteiger partial charge on any atom is -0.486 e. The molecule has 3 aromatic heterocycles. The van der Waals surface area contributed by atoms with Crippen LogP contribution in [0.3, 0.4) is 0 Å². The molecule has 0 radical (unpaired) electrons. The van der Waals surface area contributed by atoms with Crippen LogP contribution in [-0.4, -0.2) is 25.2 Å². The van der Waals surface area contributed by atoms with E-state index in [-0.39, 0.29) is 12.2 Å². The van der Waals surface area contributed by atoms with Crippen molar-refractivity contribution in [1.29, 1.82) is 0 Å². The molecule has 0 bridgehead atoms. The summed E-state index contributed by atoms with van der Waals surface area (Å²) in [6.07, 6.45) is 2.55. The van der Waals surface area contributed by atoms with Gasteiger partial charge in [0, 0.05) is 16.3 Å². The Labute approximate surface area is 164 Å². The van der Waals surface area contributed by atoms with E-state index in [0.29, 0.717) is 17.5 Å². The van der Waals surface area contributed by atoms with Crippen molar-refractivity contribution < 1.29 is 9.47 Å². The van der Waals surface area contributed by atoms with E-state index in [4.69, 9.17) is 26.1 Å². The highest BCUT2D eigenvalue weighted by atomic mass is 35.5. The molecule has 0 atom stereocenters. The molecule has 0 amide bonds. The Balaban J connectivity index is 1.52. The number of ether oxygens (including phenoxy) is 2. The van der Waals surface area contributed by atoms with E-state index in [1.807, 2.05) is 12.1 Å². The van der Waals surface area contributed by atoms with Gasteiger partial charge >= 0.3 is 0 Å². The third kappa shape index (κ3) is 3.05. The second-order valence-electron chi connectivity index (χ2n) is 7.19. The molecule has 4 aromatic rings. The molecule has 0 N–H and O–H groups in total. The minimum atomic E-state index is -0.186. The van der Waals surface area contributed by atoms with E-state index in [1.54, 1.807) is 34.3 Å². The van der Waals surface area contributed by atoms with Gasteiger partial charge in [0.25, 0.3) is 0 Å². The molecule has 5 rings (SSSR count). The number of nitrogens with zero attached hydrogens (tertiary/aromatic N) is 4. The predicted molar refractivity (Wildman–Crippen MR) is 105 cm³/mol. The average molecular weight is 401 g/mol. The fourth-order valence-corrected chi connectivity index (χ4v) is 4.52. The van der Waals surface area contributed by atoms with Crippen LogP contribution in [0.1, 0.15) is 30.1 Å². The van der Waals surface area contributed by atoms with Gasteiger partial charge in [0.2, 0.25) is 0 Å². The first-order chi connectivity index (χ1) is 13.0. The van der Waals surface area contributed by atoms with Gasteiger partial charge in [-0.2, -0.15) is 0 Å². The summed E-state index contributed by atoms with van der Waals surface area (Å²) in [7, 11) is 0. The van der Waals surface area contributed by atoms with Crippen LogP contribution in [0.5, 0.6) is 5.75 Å². The van der Waals surface area contributed by atoms with E-state index < -0.39 is 0 Å². The first-order valence-electron chi connectivity index (χ1n) is 8.65. The smallest absolute Gasteiger partial charge is 0.189 e. The zero-order chi connectivity index (χ0) is 18.6. The Hall–Kier alpha value is -2.22. The van der Waals surface area contributed by atoms with Crippen molar-refractivity contribution in [3.8, 4) is 5.75 Å². The lowest BCUT2D eigenvalue weighted by Crippen LogP contribution is -2.31. The van der Waals surface area contributed by atoms with Crippen LogP contribution in [0.2, 0.25) is 5.02 Å². The van der Waals surface area contributed by atoms with Crippen LogP contribution in [0.4, 0.5) is 0 Å². The van der Waals surface area contributed by atoms with E-state index in [2.05, 4.69) is 23.9 Å². The second kappa shape index (κ2) is 6.15. The number of fused-ring (bicyclic) bond motifs is 5. The summed E-state index contributed by atoms with van der Waals surface area (Å²) in [5.41, 5.74) is 1.92. The molecular weight excluding hydrogens is 384 g/mol. The van der Waals surface area contributed by atoms with Crippen LogP contribution in [0.15, 0.2) is 30.6 Å². The molecule has 0 saturated carbocycles. The Kier molecular flexibility index (Phi) is 3.86. The lowest BCUT2D eigenvalue weighted by atomic mass is 9.94. The molecule has 4 heterocycles. The highest BCUT2D eigenvalue weighted by molar-refractivity contribution is 7.19. The molecule has 27 heavy (non-hydrogen) atoms. The Morgan fingerprint density at radius 3 is 2.93 bits per heavy atom. The maximum Gasteiger partial charge on any atom is 0.189 e. The summed E-state index contributed by atoms with van der Waals surface area (Å²) >= 11 is 7.58. The molecule has 0 unspecified atom stereocenters. The van der Waals surface area contributed by atoms with Crippen molar-refractivity contribution in [1.82, 2.24) is 19.6 Å². The standard InChI is InChI=1S/C19H17ClN4O2S/c1-19(2)7-13-14(8-26-19)27-18-16(13)17-22-15(23-24(17)10-21-18)9-25-12-5-3-11(20)4-6-12/h3-6,10H,7-9H2,1-2H3. The summed E-state index contributed by atoms with van der Waals surface area (Å²) in [4.78, 5) is 11.5.